The van der Waals surface area contributed by atoms with Crippen LogP contribution in [0.2, 0.25) is 0 Å². The average molecular weight is 255 g/mol. The number of anilines is 1. The lowest BCUT2D eigenvalue weighted by Gasteiger charge is -2.12. The minimum Gasteiger partial charge on any atom is -0.399 e. The first-order chi connectivity index (χ1) is 8.66. The predicted molar refractivity (Wildman–Crippen MR) is 77.6 cm³/mol. The number of nitrogens with two attached hydrogens (primary N) is 2. The van der Waals surface area contributed by atoms with Crippen LogP contribution in [0.25, 0.3) is 11.1 Å². The molecule has 0 unspecified atom stereocenters. The van der Waals surface area contributed by atoms with Crippen LogP contribution in [0.1, 0.15) is 16.4 Å². The molecule has 0 saturated carbocycles. The molecule has 3 rings (SSSR count). The van der Waals surface area contributed by atoms with Crippen molar-refractivity contribution >= 4 is 22.6 Å². The third-order valence-corrected chi connectivity index (χ3v) is 4.13. The highest BCUT2D eigenvalue weighted by atomic mass is 32.2. The van der Waals surface area contributed by atoms with Gasteiger partial charge in [0, 0.05) is 5.69 Å². The van der Waals surface area contributed by atoms with E-state index < -0.39 is 0 Å². The van der Waals surface area contributed by atoms with Crippen molar-refractivity contribution in [2.45, 2.75) is 5.25 Å². The third kappa shape index (κ3) is 1.66. The fourth-order valence-electron chi connectivity index (χ4n) is 2.44. The van der Waals surface area contributed by atoms with Gasteiger partial charge in [-0.3, -0.25) is 5.41 Å². The topological polar surface area (TPSA) is 75.9 Å². The molecule has 0 fully saturated rings. The second-order valence-corrected chi connectivity index (χ2v) is 5.44. The van der Waals surface area contributed by atoms with E-state index in [1.807, 2.05) is 30.3 Å². The number of rotatable bonds is 1. The van der Waals surface area contributed by atoms with Gasteiger partial charge in [0.2, 0.25) is 0 Å². The largest absolute Gasteiger partial charge is 0.399 e. The summed E-state index contributed by atoms with van der Waals surface area (Å²) in [5.74, 6) is 0. The molecule has 1 aliphatic rings. The maximum Gasteiger partial charge on any atom is 0.151 e. The first-order valence-corrected chi connectivity index (χ1v) is 6.54. The van der Waals surface area contributed by atoms with E-state index in [9.17, 15) is 0 Å². The Hall–Kier alpha value is -1.94. The van der Waals surface area contributed by atoms with E-state index in [0.29, 0.717) is 0 Å². The molecular formula is C14H13N3S. The number of hydrogen-bond acceptors (Lipinski definition) is 3. The van der Waals surface area contributed by atoms with Gasteiger partial charge in [0.1, 0.15) is 0 Å². The highest BCUT2D eigenvalue weighted by Crippen LogP contribution is 2.50. The molecular weight excluding hydrogens is 242 g/mol. The quantitative estimate of drug-likeness (QED) is 0.416. The van der Waals surface area contributed by atoms with E-state index in [-0.39, 0.29) is 10.4 Å². The van der Waals surface area contributed by atoms with Gasteiger partial charge in [0.25, 0.3) is 0 Å². The van der Waals surface area contributed by atoms with Crippen molar-refractivity contribution in [1.82, 2.24) is 0 Å². The molecule has 0 aromatic heterocycles. The highest BCUT2D eigenvalue weighted by molar-refractivity contribution is 8.14. The second-order valence-electron chi connectivity index (χ2n) is 4.30. The predicted octanol–water partition coefficient (Wildman–Crippen LogP) is 2.97. The normalized spacial score (nSPS) is 16.1. The first-order valence-electron chi connectivity index (χ1n) is 5.66. The van der Waals surface area contributed by atoms with E-state index >= 15 is 0 Å². The Morgan fingerprint density at radius 3 is 2.56 bits per heavy atom. The minimum absolute atomic E-state index is 0.0807. The Kier molecular flexibility index (Phi) is 2.52. The molecule has 0 spiro atoms. The van der Waals surface area contributed by atoms with Gasteiger partial charge in [-0.2, -0.15) is 0 Å². The van der Waals surface area contributed by atoms with Crippen molar-refractivity contribution in [3.63, 3.8) is 0 Å². The molecule has 0 bridgehead atoms. The van der Waals surface area contributed by atoms with Gasteiger partial charge in [-0.15, -0.1) is 0 Å². The number of nitrogens with one attached hydrogen (secondary N) is 1. The lowest BCUT2D eigenvalue weighted by atomic mass is 10.1. The van der Waals surface area contributed by atoms with Crippen LogP contribution in [0, 0.1) is 5.41 Å². The molecule has 90 valence electrons. The molecule has 0 saturated heterocycles. The van der Waals surface area contributed by atoms with E-state index in [4.69, 9.17) is 16.9 Å². The molecule has 0 radical (unpaired) electrons. The summed E-state index contributed by atoms with van der Waals surface area (Å²) < 4.78 is 0. The van der Waals surface area contributed by atoms with Gasteiger partial charge in [0.15, 0.2) is 5.17 Å². The molecule has 4 heteroatoms. The van der Waals surface area contributed by atoms with Gasteiger partial charge in [-0.05, 0) is 34.4 Å². The smallest absolute Gasteiger partial charge is 0.151 e. The molecule has 1 aliphatic carbocycles. The number of thioether (sulfide) groups is 1. The summed E-state index contributed by atoms with van der Waals surface area (Å²) in [6, 6.07) is 14.2. The number of benzene rings is 2. The van der Waals surface area contributed by atoms with Crippen LogP contribution in [0.4, 0.5) is 5.69 Å². The Morgan fingerprint density at radius 2 is 1.78 bits per heavy atom. The number of hydrogen-bond donors (Lipinski definition) is 3. The first kappa shape index (κ1) is 11.2. The number of nitrogen functional groups attached to an aromatic ring is 1. The monoisotopic (exact) mass is 255 g/mol. The van der Waals surface area contributed by atoms with Gasteiger partial charge >= 0.3 is 0 Å². The van der Waals surface area contributed by atoms with Crippen molar-refractivity contribution in [2.75, 3.05) is 5.73 Å². The molecule has 18 heavy (non-hydrogen) atoms. The SMILES string of the molecule is N=C(N)S[C@@H]1c2ccccc2-c2ccc(N)cc21. The van der Waals surface area contributed by atoms with Gasteiger partial charge in [0.05, 0.1) is 5.25 Å². The third-order valence-electron chi connectivity index (χ3n) is 3.14. The summed E-state index contributed by atoms with van der Waals surface area (Å²) in [7, 11) is 0. The van der Waals surface area contributed by atoms with E-state index in [1.54, 1.807) is 0 Å². The Labute approximate surface area is 110 Å². The van der Waals surface area contributed by atoms with Crippen molar-refractivity contribution in [3.05, 3.63) is 53.6 Å². The van der Waals surface area contributed by atoms with Crippen LogP contribution < -0.4 is 11.5 Å². The average Bonchev–Trinajstić information content (AvgIpc) is 2.63. The molecule has 2 aromatic rings. The van der Waals surface area contributed by atoms with Crippen LogP contribution in [-0.2, 0) is 0 Å². The second kappa shape index (κ2) is 4.07. The molecule has 0 heterocycles. The van der Waals surface area contributed by atoms with Crippen LogP contribution in [0.15, 0.2) is 42.5 Å². The summed E-state index contributed by atoms with van der Waals surface area (Å²) >= 11 is 1.36. The van der Waals surface area contributed by atoms with E-state index in [2.05, 4.69) is 12.1 Å². The maximum absolute atomic E-state index is 7.51. The Balaban J connectivity index is 2.21. The van der Waals surface area contributed by atoms with Crippen molar-refractivity contribution < 1.29 is 0 Å². The van der Waals surface area contributed by atoms with Crippen LogP contribution in [0.5, 0.6) is 0 Å². The molecule has 3 nitrogen and oxygen atoms in total. The van der Waals surface area contributed by atoms with Crippen molar-refractivity contribution in [3.8, 4) is 11.1 Å². The zero-order valence-electron chi connectivity index (χ0n) is 9.68. The van der Waals surface area contributed by atoms with Crippen LogP contribution in [0.3, 0.4) is 0 Å². The summed E-state index contributed by atoms with van der Waals surface area (Å²) in [5.41, 5.74) is 16.9. The minimum atomic E-state index is 0.0807. The maximum atomic E-state index is 7.51. The van der Waals surface area contributed by atoms with Crippen molar-refractivity contribution in [1.29, 1.82) is 5.41 Å². The summed E-state index contributed by atoms with van der Waals surface area (Å²) in [6.45, 7) is 0. The molecule has 0 amide bonds. The molecule has 1 atom stereocenters. The van der Waals surface area contributed by atoms with Gasteiger partial charge in [-0.25, -0.2) is 0 Å². The zero-order valence-corrected chi connectivity index (χ0v) is 10.5. The van der Waals surface area contributed by atoms with Crippen LogP contribution in [-0.4, -0.2) is 5.17 Å². The summed E-state index contributed by atoms with van der Waals surface area (Å²) in [6.07, 6.45) is 0. The fraction of sp³-hybridized carbons (Fsp3) is 0.0714. The number of fused-ring (bicyclic) bond motifs is 3. The molecule has 5 N–H and O–H groups in total. The van der Waals surface area contributed by atoms with Crippen molar-refractivity contribution in [2.24, 2.45) is 5.73 Å². The van der Waals surface area contributed by atoms with E-state index in [0.717, 1.165) is 11.3 Å². The van der Waals surface area contributed by atoms with E-state index in [1.165, 1.54) is 28.5 Å². The fourth-order valence-corrected chi connectivity index (χ4v) is 3.34. The Morgan fingerprint density at radius 1 is 1.06 bits per heavy atom. The molecule has 0 aliphatic heterocycles. The zero-order chi connectivity index (χ0) is 12.7. The van der Waals surface area contributed by atoms with Gasteiger partial charge < -0.3 is 11.5 Å². The lowest BCUT2D eigenvalue weighted by molar-refractivity contribution is 1.23. The standard InChI is InChI=1S/C14H13N3S/c15-8-5-6-10-9-3-1-2-4-11(9)13(12(10)7-8)18-14(16)17/h1-7,13H,15H2,(H3,16,17)/t13-/m1/s1. The number of amidine groups is 1. The summed E-state index contributed by atoms with van der Waals surface area (Å²) in [5, 5.41) is 7.72. The highest BCUT2D eigenvalue weighted by Gasteiger charge is 2.29. The molecule has 2 aromatic carbocycles. The van der Waals surface area contributed by atoms with Crippen LogP contribution >= 0.6 is 11.8 Å². The Bertz CT molecular complexity index is 637. The summed E-state index contributed by atoms with van der Waals surface area (Å²) in [4.78, 5) is 0. The van der Waals surface area contributed by atoms with Gasteiger partial charge in [-0.1, -0.05) is 42.1 Å². The lowest BCUT2D eigenvalue weighted by Crippen LogP contribution is -2.07.